The van der Waals surface area contributed by atoms with E-state index in [2.05, 4.69) is 11.5 Å². The Balaban J connectivity index is 2.19. The van der Waals surface area contributed by atoms with Gasteiger partial charge in [-0.1, -0.05) is 13.0 Å². The van der Waals surface area contributed by atoms with Crippen LogP contribution in [-0.2, 0) is 0 Å². The van der Waals surface area contributed by atoms with Gasteiger partial charge in [0.1, 0.15) is 0 Å². The largest absolute Gasteiger partial charge is 0.401 e. The molecular formula is C8H16N2. The van der Waals surface area contributed by atoms with Crippen LogP contribution in [0, 0.1) is 0 Å². The molecule has 0 aromatic rings. The second-order valence-electron chi connectivity index (χ2n) is 3.00. The van der Waals surface area contributed by atoms with E-state index in [1.165, 1.54) is 32.4 Å². The minimum atomic E-state index is 0.793. The van der Waals surface area contributed by atoms with Crippen LogP contribution in [0.25, 0.3) is 0 Å². The highest BCUT2D eigenvalue weighted by atomic mass is 15.1. The molecule has 0 amide bonds. The van der Waals surface area contributed by atoms with Gasteiger partial charge < -0.3 is 5.73 Å². The van der Waals surface area contributed by atoms with Gasteiger partial charge in [-0.25, -0.2) is 0 Å². The van der Waals surface area contributed by atoms with Crippen molar-refractivity contribution in [3.8, 4) is 0 Å². The van der Waals surface area contributed by atoms with Crippen LogP contribution in [0.3, 0.4) is 0 Å². The number of nitrogens with two attached hydrogens (primary N) is 1. The van der Waals surface area contributed by atoms with E-state index in [1.807, 2.05) is 0 Å². The Morgan fingerprint density at radius 2 is 1.90 bits per heavy atom. The first-order valence-corrected chi connectivity index (χ1v) is 3.94. The lowest BCUT2D eigenvalue weighted by atomic mass is 10.1. The third kappa shape index (κ3) is 2.40. The van der Waals surface area contributed by atoms with Gasteiger partial charge in [0.25, 0.3) is 0 Å². The molecule has 1 saturated heterocycles. The molecule has 58 valence electrons. The van der Waals surface area contributed by atoms with Gasteiger partial charge in [0.2, 0.25) is 0 Å². The topological polar surface area (TPSA) is 29.3 Å². The van der Waals surface area contributed by atoms with Crippen LogP contribution >= 0.6 is 0 Å². The molecule has 0 radical (unpaired) electrons. The highest BCUT2D eigenvalue weighted by molar-refractivity contribution is 4.90. The summed E-state index contributed by atoms with van der Waals surface area (Å²) < 4.78 is 0. The zero-order valence-corrected chi connectivity index (χ0v) is 6.47. The first-order valence-electron chi connectivity index (χ1n) is 3.94. The summed E-state index contributed by atoms with van der Waals surface area (Å²) in [7, 11) is 0. The van der Waals surface area contributed by atoms with Gasteiger partial charge in [0.05, 0.1) is 0 Å². The molecule has 1 fully saturated rings. The number of piperidine rings is 1. The highest BCUT2D eigenvalue weighted by Gasteiger charge is 2.08. The van der Waals surface area contributed by atoms with Crippen LogP contribution in [0.4, 0.5) is 0 Å². The van der Waals surface area contributed by atoms with E-state index in [4.69, 9.17) is 5.73 Å². The zero-order chi connectivity index (χ0) is 7.40. The Morgan fingerprint density at radius 1 is 1.30 bits per heavy atom. The lowest BCUT2D eigenvalue weighted by molar-refractivity contribution is 0.246. The van der Waals surface area contributed by atoms with Crippen molar-refractivity contribution in [1.82, 2.24) is 4.90 Å². The van der Waals surface area contributed by atoms with Crippen LogP contribution in [0.1, 0.15) is 19.3 Å². The summed E-state index contributed by atoms with van der Waals surface area (Å²) in [5.74, 6) is 0. The van der Waals surface area contributed by atoms with Crippen molar-refractivity contribution in [3.05, 3.63) is 12.3 Å². The molecule has 0 aromatic carbocycles. The third-order valence-corrected chi connectivity index (χ3v) is 1.88. The average molecular weight is 140 g/mol. The standard InChI is InChI=1S/C8H16N2/c1-8(9)7-10-5-3-2-4-6-10/h1-7,9H2. The van der Waals surface area contributed by atoms with Crippen LogP contribution < -0.4 is 5.73 Å². The molecule has 0 spiro atoms. The number of hydrogen-bond acceptors (Lipinski definition) is 2. The first-order chi connectivity index (χ1) is 4.79. The molecule has 0 bridgehead atoms. The molecule has 2 N–H and O–H groups in total. The first kappa shape index (κ1) is 7.61. The minimum absolute atomic E-state index is 0.793. The quantitative estimate of drug-likeness (QED) is 0.618. The fourth-order valence-electron chi connectivity index (χ4n) is 1.40. The summed E-state index contributed by atoms with van der Waals surface area (Å²) in [6.45, 7) is 6.98. The van der Waals surface area contributed by atoms with Gasteiger partial charge in [0.15, 0.2) is 0 Å². The SMILES string of the molecule is C=C(N)CN1CCCCC1. The second kappa shape index (κ2) is 3.62. The predicted octanol–water partition coefficient (Wildman–Crippen LogP) is 0.945. The molecule has 1 rings (SSSR count). The van der Waals surface area contributed by atoms with Gasteiger partial charge in [-0.15, -0.1) is 0 Å². The average Bonchev–Trinajstić information content (AvgIpc) is 1.88. The molecule has 2 heteroatoms. The molecule has 1 aliphatic heterocycles. The second-order valence-corrected chi connectivity index (χ2v) is 3.00. The molecule has 2 nitrogen and oxygen atoms in total. The van der Waals surface area contributed by atoms with Gasteiger partial charge in [-0.05, 0) is 25.9 Å². The minimum Gasteiger partial charge on any atom is -0.401 e. The monoisotopic (exact) mass is 140 g/mol. The van der Waals surface area contributed by atoms with E-state index in [-0.39, 0.29) is 0 Å². The lowest BCUT2D eigenvalue weighted by Gasteiger charge is -2.25. The van der Waals surface area contributed by atoms with Crippen molar-refractivity contribution in [2.45, 2.75) is 19.3 Å². The molecule has 0 saturated carbocycles. The van der Waals surface area contributed by atoms with E-state index in [0.717, 1.165) is 12.2 Å². The molecule has 0 aliphatic carbocycles. The molecule has 0 unspecified atom stereocenters. The molecule has 0 atom stereocenters. The Morgan fingerprint density at radius 3 is 2.40 bits per heavy atom. The smallest absolute Gasteiger partial charge is 0.0373 e. The predicted molar refractivity (Wildman–Crippen MR) is 43.6 cm³/mol. The Labute approximate surface area is 62.7 Å². The molecule has 0 aromatic heterocycles. The Hall–Kier alpha value is -0.500. The Kier molecular flexibility index (Phi) is 2.75. The maximum Gasteiger partial charge on any atom is 0.0373 e. The van der Waals surface area contributed by atoms with E-state index >= 15 is 0 Å². The number of nitrogens with zero attached hydrogens (tertiary/aromatic N) is 1. The van der Waals surface area contributed by atoms with Crippen LogP contribution in [-0.4, -0.2) is 24.5 Å². The number of rotatable bonds is 2. The summed E-state index contributed by atoms with van der Waals surface area (Å²) >= 11 is 0. The van der Waals surface area contributed by atoms with Crippen molar-refractivity contribution in [2.24, 2.45) is 5.73 Å². The van der Waals surface area contributed by atoms with Crippen LogP contribution in [0.5, 0.6) is 0 Å². The van der Waals surface area contributed by atoms with E-state index in [1.54, 1.807) is 0 Å². The third-order valence-electron chi connectivity index (χ3n) is 1.88. The molecular weight excluding hydrogens is 124 g/mol. The fourth-order valence-corrected chi connectivity index (χ4v) is 1.40. The highest BCUT2D eigenvalue weighted by Crippen LogP contribution is 2.08. The lowest BCUT2D eigenvalue weighted by Crippen LogP contribution is -2.32. The van der Waals surface area contributed by atoms with Gasteiger partial charge in [-0.2, -0.15) is 0 Å². The van der Waals surface area contributed by atoms with Crippen molar-refractivity contribution in [2.75, 3.05) is 19.6 Å². The van der Waals surface area contributed by atoms with Gasteiger partial charge in [-0.3, -0.25) is 4.90 Å². The van der Waals surface area contributed by atoms with Crippen LogP contribution in [0.2, 0.25) is 0 Å². The molecule has 1 heterocycles. The summed E-state index contributed by atoms with van der Waals surface area (Å²) in [4.78, 5) is 2.37. The van der Waals surface area contributed by atoms with Crippen LogP contribution in [0.15, 0.2) is 12.3 Å². The number of likely N-dealkylation sites (tertiary alicyclic amines) is 1. The van der Waals surface area contributed by atoms with Crippen molar-refractivity contribution >= 4 is 0 Å². The fraction of sp³-hybridized carbons (Fsp3) is 0.750. The normalized spacial score (nSPS) is 20.8. The number of hydrogen-bond donors (Lipinski definition) is 1. The molecule has 10 heavy (non-hydrogen) atoms. The summed E-state index contributed by atoms with van der Waals surface area (Å²) in [6, 6.07) is 0. The van der Waals surface area contributed by atoms with Crippen molar-refractivity contribution in [3.63, 3.8) is 0 Å². The summed E-state index contributed by atoms with van der Waals surface area (Å²) in [5.41, 5.74) is 6.28. The Bertz CT molecular complexity index is 114. The van der Waals surface area contributed by atoms with Gasteiger partial charge in [0, 0.05) is 12.2 Å². The zero-order valence-electron chi connectivity index (χ0n) is 6.47. The van der Waals surface area contributed by atoms with Gasteiger partial charge >= 0.3 is 0 Å². The van der Waals surface area contributed by atoms with E-state index in [9.17, 15) is 0 Å². The maximum absolute atomic E-state index is 5.49. The van der Waals surface area contributed by atoms with Crippen molar-refractivity contribution < 1.29 is 0 Å². The maximum atomic E-state index is 5.49. The molecule has 1 aliphatic rings. The van der Waals surface area contributed by atoms with E-state index < -0.39 is 0 Å². The van der Waals surface area contributed by atoms with Crippen molar-refractivity contribution in [1.29, 1.82) is 0 Å². The summed E-state index contributed by atoms with van der Waals surface area (Å²) in [5, 5.41) is 0. The summed E-state index contributed by atoms with van der Waals surface area (Å²) in [6.07, 6.45) is 4.04. The van der Waals surface area contributed by atoms with E-state index in [0.29, 0.717) is 0 Å².